The van der Waals surface area contributed by atoms with Crippen molar-refractivity contribution in [1.29, 1.82) is 0 Å². The van der Waals surface area contributed by atoms with Gasteiger partial charge in [0.25, 0.3) is 5.91 Å². The molecule has 3 rings (SSSR count). The molecule has 0 amide bonds. The van der Waals surface area contributed by atoms with E-state index in [1.54, 1.807) is 0 Å². The number of nitrogens with zero attached hydrogens (tertiary/aromatic N) is 5. The second kappa shape index (κ2) is 7.97. The number of guanidine groups is 2. The summed E-state index contributed by atoms with van der Waals surface area (Å²) in [5, 5.41) is 0. The Labute approximate surface area is 155 Å². The highest BCUT2D eigenvalue weighted by Gasteiger charge is 2.29. The smallest absolute Gasteiger partial charge is 0.259 e. The van der Waals surface area contributed by atoms with E-state index in [0.717, 1.165) is 0 Å². The first kappa shape index (κ1) is 18.5. The molecule has 2 aliphatic carbocycles. The normalized spacial score (nSPS) is 25.5. The lowest BCUT2D eigenvalue weighted by Gasteiger charge is -2.35. The van der Waals surface area contributed by atoms with Crippen molar-refractivity contribution in [3.8, 4) is 0 Å². The third kappa shape index (κ3) is 4.47. The van der Waals surface area contributed by atoms with Crippen LogP contribution in [0, 0.1) is 0 Å². The van der Waals surface area contributed by atoms with Crippen molar-refractivity contribution in [1.82, 2.24) is 9.80 Å². The molecule has 0 unspecified atom stereocenters. The third-order valence-electron chi connectivity index (χ3n) is 5.50. The highest BCUT2D eigenvalue weighted by Crippen LogP contribution is 2.63. The SMILES string of the molecule is CN(C1=NC(N(C)C2CCCCC2)=NP(Cl)(Cl)=N1)C1CCCCC1. The maximum Gasteiger partial charge on any atom is 0.259 e. The first-order valence-electron chi connectivity index (χ1n) is 9.12. The van der Waals surface area contributed by atoms with Gasteiger partial charge in [-0.2, -0.15) is 14.5 Å². The molecule has 0 atom stereocenters. The van der Waals surface area contributed by atoms with Gasteiger partial charge in [0.1, 0.15) is 0 Å². The minimum absolute atomic E-state index is 0.480. The van der Waals surface area contributed by atoms with Crippen molar-refractivity contribution in [2.45, 2.75) is 76.3 Å². The molecule has 5 nitrogen and oxygen atoms in total. The van der Waals surface area contributed by atoms with E-state index < -0.39 is 5.91 Å². The number of aliphatic imine (C=N–C) groups is 1. The summed E-state index contributed by atoms with van der Waals surface area (Å²) in [7, 11) is 4.13. The molecular formula is C16H28Cl2N5P. The van der Waals surface area contributed by atoms with Crippen molar-refractivity contribution in [3.63, 3.8) is 0 Å². The zero-order chi connectivity index (χ0) is 17.2. The van der Waals surface area contributed by atoms with Gasteiger partial charge in [-0.1, -0.05) is 38.5 Å². The van der Waals surface area contributed by atoms with Crippen molar-refractivity contribution in [2.75, 3.05) is 14.1 Å². The molecule has 0 aromatic rings. The predicted molar refractivity (Wildman–Crippen MR) is 105 cm³/mol. The molecule has 0 aromatic heterocycles. The van der Waals surface area contributed by atoms with Crippen LogP contribution in [0.25, 0.3) is 0 Å². The molecule has 2 fully saturated rings. The van der Waals surface area contributed by atoms with Crippen LogP contribution in [0.4, 0.5) is 0 Å². The van der Waals surface area contributed by atoms with Gasteiger partial charge in [-0.15, -0.1) is 0 Å². The molecule has 0 saturated heterocycles. The van der Waals surface area contributed by atoms with Crippen LogP contribution < -0.4 is 0 Å². The molecule has 0 spiro atoms. The van der Waals surface area contributed by atoms with Crippen molar-refractivity contribution in [3.05, 3.63) is 0 Å². The van der Waals surface area contributed by atoms with Gasteiger partial charge in [-0.3, -0.25) is 0 Å². The lowest BCUT2D eigenvalue weighted by molar-refractivity contribution is 0.270. The Balaban J connectivity index is 1.80. The number of halogens is 2. The summed E-state index contributed by atoms with van der Waals surface area (Å²) >= 11 is 12.8. The predicted octanol–water partition coefficient (Wildman–Crippen LogP) is 5.66. The highest BCUT2D eigenvalue weighted by molar-refractivity contribution is 8.09. The molecule has 0 N–H and O–H groups in total. The van der Waals surface area contributed by atoms with Crippen LogP contribution in [-0.2, 0) is 0 Å². The maximum atomic E-state index is 6.42. The van der Waals surface area contributed by atoms with Crippen LogP contribution in [0.15, 0.2) is 14.5 Å². The topological polar surface area (TPSA) is 43.6 Å². The second-order valence-corrected chi connectivity index (χ2v) is 11.8. The molecule has 24 heavy (non-hydrogen) atoms. The Bertz CT molecular complexity index is 534. The summed E-state index contributed by atoms with van der Waals surface area (Å²) in [5.74, 6) is -1.40. The molecule has 136 valence electrons. The van der Waals surface area contributed by atoms with Crippen molar-refractivity contribution in [2.24, 2.45) is 14.5 Å². The Morgan fingerprint density at radius 2 is 1.25 bits per heavy atom. The molecule has 1 aliphatic heterocycles. The molecule has 2 saturated carbocycles. The van der Waals surface area contributed by atoms with Gasteiger partial charge in [-0.05, 0) is 48.2 Å². The number of hydrogen-bond donors (Lipinski definition) is 0. The van der Waals surface area contributed by atoms with E-state index in [4.69, 9.17) is 27.5 Å². The molecule has 3 aliphatic rings. The van der Waals surface area contributed by atoms with Crippen LogP contribution in [0.2, 0.25) is 0 Å². The second-order valence-electron chi connectivity index (χ2n) is 7.17. The van der Waals surface area contributed by atoms with E-state index >= 15 is 0 Å². The van der Waals surface area contributed by atoms with Gasteiger partial charge in [0.05, 0.1) is 0 Å². The summed E-state index contributed by atoms with van der Waals surface area (Å²) < 4.78 is 8.94. The van der Waals surface area contributed by atoms with Gasteiger partial charge in [0.15, 0.2) is 0 Å². The molecule has 0 radical (unpaired) electrons. The average Bonchev–Trinajstić information content (AvgIpc) is 2.60. The van der Waals surface area contributed by atoms with E-state index in [1.807, 2.05) is 0 Å². The van der Waals surface area contributed by atoms with E-state index in [9.17, 15) is 0 Å². The molecule has 8 heteroatoms. The van der Waals surface area contributed by atoms with Crippen LogP contribution in [0.5, 0.6) is 0 Å². The summed E-state index contributed by atoms with van der Waals surface area (Å²) in [4.78, 5) is 9.08. The summed E-state index contributed by atoms with van der Waals surface area (Å²) in [6, 6.07) is 0.961. The van der Waals surface area contributed by atoms with Crippen molar-refractivity contribution < 1.29 is 0 Å². The van der Waals surface area contributed by atoms with Gasteiger partial charge >= 0.3 is 0 Å². The Morgan fingerprint density at radius 1 is 0.792 bits per heavy atom. The van der Waals surface area contributed by atoms with Crippen LogP contribution in [0.1, 0.15) is 64.2 Å². The Hall–Kier alpha value is -0.250. The number of hydrogen-bond acceptors (Lipinski definition) is 5. The molecule has 1 heterocycles. The molecule has 0 aromatic carbocycles. The van der Waals surface area contributed by atoms with Crippen LogP contribution >= 0.6 is 28.4 Å². The summed E-state index contributed by atoms with van der Waals surface area (Å²) in [5.41, 5.74) is 0. The van der Waals surface area contributed by atoms with Gasteiger partial charge in [-0.25, -0.2) is 0 Å². The van der Waals surface area contributed by atoms with E-state index in [-0.39, 0.29) is 0 Å². The quantitative estimate of drug-likeness (QED) is 0.569. The monoisotopic (exact) mass is 391 g/mol. The van der Waals surface area contributed by atoms with E-state index in [2.05, 4.69) is 33.4 Å². The fourth-order valence-corrected chi connectivity index (χ4v) is 5.59. The highest BCUT2D eigenvalue weighted by atomic mass is 35.9. The third-order valence-corrected chi connectivity index (χ3v) is 7.24. The minimum atomic E-state index is -2.72. The van der Waals surface area contributed by atoms with E-state index in [0.29, 0.717) is 24.0 Å². The first-order valence-corrected chi connectivity index (χ1v) is 12.6. The standard InChI is InChI=1S/C16H28Cl2N5P/c1-22(13-9-5-3-6-10-13)15-19-16(21-24(17,18)20-15)23(2)14-11-7-4-8-12-14/h13-14H,3-12H2,1-2H3. The maximum absolute atomic E-state index is 6.42. The average molecular weight is 392 g/mol. The fraction of sp³-hybridized carbons (Fsp3) is 0.875. The largest absolute Gasteiger partial charge is 0.341 e. The van der Waals surface area contributed by atoms with Crippen molar-refractivity contribution >= 4 is 40.3 Å². The van der Waals surface area contributed by atoms with Crippen LogP contribution in [-0.4, -0.2) is 47.9 Å². The lowest BCUT2D eigenvalue weighted by atomic mass is 9.94. The van der Waals surface area contributed by atoms with Gasteiger partial charge in [0, 0.05) is 26.2 Å². The summed E-state index contributed by atoms with van der Waals surface area (Å²) in [6.07, 6.45) is 12.5. The number of rotatable bonds is 2. The lowest BCUT2D eigenvalue weighted by Crippen LogP contribution is -2.42. The Morgan fingerprint density at radius 3 is 1.75 bits per heavy atom. The fourth-order valence-electron chi connectivity index (χ4n) is 3.93. The zero-order valence-corrected chi connectivity index (χ0v) is 17.1. The minimum Gasteiger partial charge on any atom is -0.341 e. The van der Waals surface area contributed by atoms with Gasteiger partial charge in [0.2, 0.25) is 11.9 Å². The molecule has 0 bridgehead atoms. The molecular weight excluding hydrogens is 364 g/mol. The first-order chi connectivity index (χ1) is 11.5. The van der Waals surface area contributed by atoms with Gasteiger partial charge < -0.3 is 9.80 Å². The van der Waals surface area contributed by atoms with Crippen LogP contribution in [0.3, 0.4) is 0 Å². The Kier molecular flexibility index (Phi) is 6.16. The summed E-state index contributed by atoms with van der Waals surface area (Å²) in [6.45, 7) is 0. The van der Waals surface area contributed by atoms with E-state index in [1.165, 1.54) is 64.2 Å². The zero-order valence-electron chi connectivity index (χ0n) is 14.7.